The lowest BCUT2D eigenvalue weighted by Crippen LogP contribution is -2.50. The number of methoxy groups -OCH3 is 1. The fourth-order valence-electron chi connectivity index (χ4n) is 2.89. The summed E-state index contributed by atoms with van der Waals surface area (Å²) in [5.74, 6) is -0.643. The van der Waals surface area contributed by atoms with Crippen LogP contribution < -0.4 is 0 Å². The molecule has 2 aliphatic rings. The maximum Gasteiger partial charge on any atom is 0.316 e. The number of allylic oxidation sites excluding steroid dienone is 2. The number of ether oxygens (including phenoxy) is 1. The molecule has 2 atom stereocenters. The summed E-state index contributed by atoms with van der Waals surface area (Å²) in [5, 5.41) is 0. The van der Waals surface area contributed by atoms with Crippen molar-refractivity contribution in [2.75, 3.05) is 14.2 Å². The maximum atomic E-state index is 12.3. The standard InChI is InChI=1S/C14H19NO3/c1-9-7-11-12(16)15(3)6-5-14(11,8-10(9)2)13(17)18-4/h5-6,11H,7-8H2,1-4H3. The molecular formula is C14H19NO3. The molecule has 18 heavy (non-hydrogen) atoms. The van der Waals surface area contributed by atoms with E-state index in [4.69, 9.17) is 4.74 Å². The molecular weight excluding hydrogens is 230 g/mol. The van der Waals surface area contributed by atoms with Crippen molar-refractivity contribution in [2.45, 2.75) is 26.7 Å². The number of nitrogens with zero attached hydrogens (tertiary/aromatic N) is 1. The van der Waals surface area contributed by atoms with Crippen LogP contribution in [0, 0.1) is 11.3 Å². The minimum atomic E-state index is -0.804. The van der Waals surface area contributed by atoms with Gasteiger partial charge in [-0.05, 0) is 32.8 Å². The van der Waals surface area contributed by atoms with Crippen LogP contribution in [0.1, 0.15) is 26.7 Å². The molecule has 0 saturated carbocycles. The Labute approximate surface area is 107 Å². The Morgan fingerprint density at radius 3 is 2.72 bits per heavy atom. The quantitative estimate of drug-likeness (QED) is 0.526. The summed E-state index contributed by atoms with van der Waals surface area (Å²) in [7, 11) is 3.10. The summed E-state index contributed by atoms with van der Waals surface area (Å²) in [6.45, 7) is 4.05. The smallest absolute Gasteiger partial charge is 0.316 e. The second-order valence-corrected chi connectivity index (χ2v) is 5.29. The highest BCUT2D eigenvalue weighted by Crippen LogP contribution is 2.48. The van der Waals surface area contributed by atoms with Gasteiger partial charge in [0.05, 0.1) is 13.0 Å². The summed E-state index contributed by atoms with van der Waals surface area (Å²) in [6.07, 6.45) is 4.73. The number of hydrogen-bond acceptors (Lipinski definition) is 3. The number of carbonyl (C=O) groups is 2. The van der Waals surface area contributed by atoms with Gasteiger partial charge in [-0.15, -0.1) is 0 Å². The molecule has 0 bridgehead atoms. The largest absolute Gasteiger partial charge is 0.468 e. The molecule has 0 saturated heterocycles. The summed E-state index contributed by atoms with van der Waals surface area (Å²) in [5.41, 5.74) is 1.58. The average molecular weight is 249 g/mol. The molecule has 1 aliphatic heterocycles. The van der Waals surface area contributed by atoms with Gasteiger partial charge in [0.25, 0.3) is 0 Å². The molecule has 1 amide bonds. The summed E-state index contributed by atoms with van der Waals surface area (Å²) >= 11 is 0. The van der Waals surface area contributed by atoms with E-state index in [1.807, 2.05) is 19.9 Å². The van der Waals surface area contributed by atoms with Gasteiger partial charge in [0.1, 0.15) is 5.41 Å². The highest BCUT2D eigenvalue weighted by molar-refractivity contribution is 5.92. The monoisotopic (exact) mass is 249 g/mol. The summed E-state index contributed by atoms with van der Waals surface area (Å²) < 4.78 is 4.93. The molecule has 2 unspecified atom stereocenters. The molecule has 0 fully saturated rings. The van der Waals surface area contributed by atoms with Gasteiger partial charge in [0.2, 0.25) is 5.91 Å². The third-order valence-electron chi connectivity index (χ3n) is 4.23. The van der Waals surface area contributed by atoms with Crippen molar-refractivity contribution >= 4 is 11.9 Å². The Hall–Kier alpha value is -1.58. The second-order valence-electron chi connectivity index (χ2n) is 5.29. The Balaban J connectivity index is 2.53. The van der Waals surface area contributed by atoms with E-state index in [-0.39, 0.29) is 17.8 Å². The van der Waals surface area contributed by atoms with Gasteiger partial charge < -0.3 is 9.64 Å². The first-order valence-electron chi connectivity index (χ1n) is 6.12. The zero-order valence-electron chi connectivity index (χ0n) is 11.3. The molecule has 0 aromatic rings. The Bertz CT molecular complexity index is 464. The van der Waals surface area contributed by atoms with Gasteiger partial charge in [-0.2, -0.15) is 0 Å². The highest BCUT2D eigenvalue weighted by Gasteiger charge is 2.52. The number of hydrogen-bond donors (Lipinski definition) is 0. The lowest BCUT2D eigenvalue weighted by Gasteiger charge is -2.43. The lowest BCUT2D eigenvalue weighted by molar-refractivity contribution is -0.159. The number of esters is 1. The van der Waals surface area contributed by atoms with E-state index in [9.17, 15) is 9.59 Å². The topological polar surface area (TPSA) is 46.6 Å². The Morgan fingerprint density at radius 2 is 2.11 bits per heavy atom. The van der Waals surface area contributed by atoms with Crippen molar-refractivity contribution < 1.29 is 14.3 Å². The minimum absolute atomic E-state index is 0.00486. The van der Waals surface area contributed by atoms with Crippen LogP contribution in [0.3, 0.4) is 0 Å². The third-order valence-corrected chi connectivity index (χ3v) is 4.23. The first kappa shape index (κ1) is 12.9. The Kier molecular flexibility index (Phi) is 3.05. The number of rotatable bonds is 1. The van der Waals surface area contributed by atoms with Crippen molar-refractivity contribution in [3.8, 4) is 0 Å². The zero-order chi connectivity index (χ0) is 13.5. The molecule has 0 aromatic heterocycles. The number of amides is 1. The van der Waals surface area contributed by atoms with Crippen LogP contribution in [0.5, 0.6) is 0 Å². The maximum absolute atomic E-state index is 12.3. The number of fused-ring (bicyclic) bond motifs is 1. The van der Waals surface area contributed by atoms with Gasteiger partial charge in [-0.1, -0.05) is 11.1 Å². The minimum Gasteiger partial charge on any atom is -0.468 e. The van der Waals surface area contributed by atoms with Crippen LogP contribution >= 0.6 is 0 Å². The van der Waals surface area contributed by atoms with Gasteiger partial charge in [0.15, 0.2) is 0 Å². The van der Waals surface area contributed by atoms with Crippen molar-refractivity contribution in [1.82, 2.24) is 4.90 Å². The van der Waals surface area contributed by atoms with Crippen molar-refractivity contribution in [1.29, 1.82) is 0 Å². The van der Waals surface area contributed by atoms with E-state index in [0.717, 1.165) is 0 Å². The molecule has 1 aliphatic carbocycles. The fraction of sp³-hybridized carbons (Fsp3) is 0.571. The van der Waals surface area contributed by atoms with Crippen LogP contribution in [-0.2, 0) is 14.3 Å². The molecule has 0 radical (unpaired) electrons. The van der Waals surface area contributed by atoms with Gasteiger partial charge >= 0.3 is 5.97 Å². The molecule has 1 heterocycles. The van der Waals surface area contributed by atoms with E-state index in [2.05, 4.69) is 0 Å². The van der Waals surface area contributed by atoms with Gasteiger partial charge in [-0.25, -0.2) is 0 Å². The van der Waals surface area contributed by atoms with Crippen molar-refractivity contribution in [3.05, 3.63) is 23.4 Å². The van der Waals surface area contributed by atoms with Crippen LogP contribution in [-0.4, -0.2) is 30.9 Å². The molecule has 2 rings (SSSR count). The van der Waals surface area contributed by atoms with E-state index in [1.165, 1.54) is 18.3 Å². The summed E-state index contributed by atoms with van der Waals surface area (Å²) in [4.78, 5) is 26.0. The SMILES string of the molecule is COC(=O)C12C=CN(C)C(=O)C1CC(C)=C(C)C2. The molecule has 0 aromatic carbocycles. The molecule has 0 N–H and O–H groups in total. The normalized spacial score (nSPS) is 31.4. The molecule has 4 nitrogen and oxygen atoms in total. The summed E-state index contributed by atoms with van der Waals surface area (Å²) in [6, 6.07) is 0. The van der Waals surface area contributed by atoms with Crippen LogP contribution in [0.15, 0.2) is 23.4 Å². The van der Waals surface area contributed by atoms with E-state index in [0.29, 0.717) is 12.8 Å². The van der Waals surface area contributed by atoms with Crippen LogP contribution in [0.25, 0.3) is 0 Å². The molecule has 4 heteroatoms. The zero-order valence-corrected chi connectivity index (χ0v) is 11.3. The van der Waals surface area contributed by atoms with Gasteiger partial charge in [0, 0.05) is 13.2 Å². The third kappa shape index (κ3) is 1.67. The van der Waals surface area contributed by atoms with Crippen LogP contribution in [0.4, 0.5) is 0 Å². The molecule has 0 spiro atoms. The van der Waals surface area contributed by atoms with Crippen molar-refractivity contribution in [2.24, 2.45) is 11.3 Å². The predicted octanol–water partition coefficient (Wildman–Crippen LogP) is 1.88. The predicted molar refractivity (Wildman–Crippen MR) is 67.5 cm³/mol. The average Bonchev–Trinajstić information content (AvgIpc) is 2.36. The van der Waals surface area contributed by atoms with Gasteiger partial charge in [-0.3, -0.25) is 9.59 Å². The van der Waals surface area contributed by atoms with E-state index in [1.54, 1.807) is 18.1 Å². The van der Waals surface area contributed by atoms with E-state index < -0.39 is 5.41 Å². The highest BCUT2D eigenvalue weighted by atomic mass is 16.5. The first-order valence-corrected chi connectivity index (χ1v) is 6.12. The Morgan fingerprint density at radius 1 is 1.44 bits per heavy atom. The van der Waals surface area contributed by atoms with Crippen LogP contribution in [0.2, 0.25) is 0 Å². The first-order chi connectivity index (χ1) is 8.42. The van der Waals surface area contributed by atoms with Crippen molar-refractivity contribution in [3.63, 3.8) is 0 Å². The van der Waals surface area contributed by atoms with E-state index >= 15 is 0 Å². The number of carbonyl (C=O) groups excluding carboxylic acids is 2. The fourth-order valence-corrected chi connectivity index (χ4v) is 2.89. The molecule has 98 valence electrons. The second kappa shape index (κ2) is 4.26. The lowest BCUT2D eigenvalue weighted by atomic mass is 9.63.